The van der Waals surface area contributed by atoms with Crippen LogP contribution >= 0.6 is 0 Å². The molecular weight excluding hydrogens is 242 g/mol. The third-order valence-corrected chi connectivity index (χ3v) is 6.13. The molecule has 5 nitrogen and oxygen atoms in total. The SMILES string of the molecule is COC(=O)C1(CC2CCCS2(=O)=O)CCCN1. The molecule has 2 saturated heterocycles. The molecule has 2 unspecified atom stereocenters. The molecule has 2 heterocycles. The lowest BCUT2D eigenvalue weighted by molar-refractivity contribution is -0.148. The number of methoxy groups -OCH3 is 1. The Hall–Kier alpha value is -0.620. The van der Waals surface area contributed by atoms with Gasteiger partial charge in [0.2, 0.25) is 0 Å². The van der Waals surface area contributed by atoms with E-state index in [0.29, 0.717) is 25.7 Å². The van der Waals surface area contributed by atoms with Crippen LogP contribution in [0.2, 0.25) is 0 Å². The molecule has 0 bridgehead atoms. The average molecular weight is 261 g/mol. The van der Waals surface area contributed by atoms with Crippen molar-refractivity contribution in [2.75, 3.05) is 19.4 Å². The van der Waals surface area contributed by atoms with Crippen LogP contribution in [0.3, 0.4) is 0 Å². The Morgan fingerprint density at radius 3 is 2.71 bits per heavy atom. The van der Waals surface area contributed by atoms with Gasteiger partial charge in [-0.2, -0.15) is 0 Å². The van der Waals surface area contributed by atoms with E-state index in [1.807, 2.05) is 0 Å². The Balaban J connectivity index is 2.16. The van der Waals surface area contributed by atoms with E-state index in [1.54, 1.807) is 0 Å². The number of esters is 1. The molecule has 2 aliphatic heterocycles. The molecule has 0 aromatic rings. The molecule has 0 amide bonds. The lowest BCUT2D eigenvalue weighted by Gasteiger charge is -2.28. The fraction of sp³-hybridized carbons (Fsp3) is 0.909. The van der Waals surface area contributed by atoms with Gasteiger partial charge >= 0.3 is 5.97 Å². The second kappa shape index (κ2) is 4.57. The van der Waals surface area contributed by atoms with Gasteiger partial charge < -0.3 is 10.1 Å². The molecule has 2 fully saturated rings. The number of carbonyl (C=O) groups excluding carboxylic acids is 1. The fourth-order valence-electron chi connectivity index (χ4n) is 2.91. The quantitative estimate of drug-likeness (QED) is 0.737. The van der Waals surface area contributed by atoms with Crippen LogP contribution in [-0.2, 0) is 19.4 Å². The summed E-state index contributed by atoms with van der Waals surface area (Å²) in [6, 6.07) is 0. The van der Waals surface area contributed by atoms with E-state index in [0.717, 1.165) is 13.0 Å². The van der Waals surface area contributed by atoms with Gasteiger partial charge in [0.1, 0.15) is 5.54 Å². The van der Waals surface area contributed by atoms with E-state index in [2.05, 4.69) is 5.32 Å². The molecule has 1 N–H and O–H groups in total. The Morgan fingerprint density at radius 2 is 2.24 bits per heavy atom. The van der Waals surface area contributed by atoms with Gasteiger partial charge in [0.25, 0.3) is 0 Å². The first kappa shape index (κ1) is 12.8. The summed E-state index contributed by atoms with van der Waals surface area (Å²) in [7, 11) is -1.65. The average Bonchev–Trinajstić information content (AvgIpc) is 2.87. The van der Waals surface area contributed by atoms with Gasteiger partial charge in [-0.25, -0.2) is 8.42 Å². The van der Waals surface area contributed by atoms with Gasteiger partial charge in [-0.05, 0) is 38.6 Å². The normalized spacial score (nSPS) is 35.9. The molecule has 6 heteroatoms. The maximum Gasteiger partial charge on any atom is 0.326 e. The van der Waals surface area contributed by atoms with E-state index in [1.165, 1.54) is 7.11 Å². The molecule has 0 aliphatic carbocycles. The highest BCUT2D eigenvalue weighted by Gasteiger charge is 2.47. The summed E-state index contributed by atoms with van der Waals surface area (Å²) in [4.78, 5) is 11.9. The zero-order valence-corrected chi connectivity index (χ0v) is 10.9. The van der Waals surface area contributed by atoms with Gasteiger partial charge in [-0.1, -0.05) is 0 Å². The Labute approximate surface area is 102 Å². The highest BCUT2D eigenvalue weighted by atomic mass is 32.2. The number of ether oxygens (including phenoxy) is 1. The largest absolute Gasteiger partial charge is 0.468 e. The number of hydrogen-bond acceptors (Lipinski definition) is 5. The summed E-state index contributed by atoms with van der Waals surface area (Å²) in [6.45, 7) is 0.752. The van der Waals surface area contributed by atoms with Crippen LogP contribution in [0.4, 0.5) is 0 Å². The van der Waals surface area contributed by atoms with Crippen molar-refractivity contribution in [3.8, 4) is 0 Å². The van der Waals surface area contributed by atoms with Crippen molar-refractivity contribution in [3.63, 3.8) is 0 Å². The van der Waals surface area contributed by atoms with Crippen LogP contribution in [0.5, 0.6) is 0 Å². The van der Waals surface area contributed by atoms with E-state index >= 15 is 0 Å². The zero-order chi connectivity index (χ0) is 12.5. The summed E-state index contributed by atoms with van der Waals surface area (Å²) in [5.74, 6) is -0.0633. The van der Waals surface area contributed by atoms with Crippen molar-refractivity contribution in [1.82, 2.24) is 5.32 Å². The Kier molecular flexibility index (Phi) is 3.45. The fourth-order valence-corrected chi connectivity index (χ4v) is 4.88. The topological polar surface area (TPSA) is 72.5 Å². The molecular formula is C11H19NO4S. The lowest BCUT2D eigenvalue weighted by Crippen LogP contribution is -2.51. The van der Waals surface area contributed by atoms with Gasteiger partial charge in [0.15, 0.2) is 9.84 Å². The first-order chi connectivity index (χ1) is 8.00. The van der Waals surface area contributed by atoms with Crippen molar-refractivity contribution in [3.05, 3.63) is 0 Å². The molecule has 0 radical (unpaired) electrons. The Morgan fingerprint density at radius 1 is 1.47 bits per heavy atom. The molecule has 2 rings (SSSR count). The minimum absolute atomic E-state index is 0.259. The van der Waals surface area contributed by atoms with Gasteiger partial charge in [-0.3, -0.25) is 4.79 Å². The molecule has 17 heavy (non-hydrogen) atoms. The van der Waals surface area contributed by atoms with Crippen molar-refractivity contribution in [2.45, 2.75) is 42.9 Å². The second-order valence-corrected chi connectivity index (χ2v) is 7.34. The molecule has 0 saturated carbocycles. The molecule has 0 aromatic heterocycles. The summed E-state index contributed by atoms with van der Waals surface area (Å²) in [5.41, 5.74) is -0.767. The smallest absolute Gasteiger partial charge is 0.326 e. The van der Waals surface area contributed by atoms with E-state index < -0.39 is 15.4 Å². The second-order valence-electron chi connectivity index (χ2n) is 4.94. The summed E-state index contributed by atoms with van der Waals surface area (Å²) < 4.78 is 28.5. The van der Waals surface area contributed by atoms with Crippen LogP contribution in [-0.4, -0.2) is 44.6 Å². The van der Waals surface area contributed by atoms with Crippen LogP contribution in [0, 0.1) is 0 Å². The number of carbonyl (C=O) groups is 1. The lowest BCUT2D eigenvalue weighted by atomic mass is 9.90. The zero-order valence-electron chi connectivity index (χ0n) is 10.1. The van der Waals surface area contributed by atoms with Gasteiger partial charge in [0, 0.05) is 0 Å². The van der Waals surface area contributed by atoms with Crippen LogP contribution < -0.4 is 5.32 Å². The highest BCUT2D eigenvalue weighted by molar-refractivity contribution is 7.92. The van der Waals surface area contributed by atoms with Crippen LogP contribution in [0.25, 0.3) is 0 Å². The minimum Gasteiger partial charge on any atom is -0.468 e. The van der Waals surface area contributed by atoms with Crippen LogP contribution in [0.15, 0.2) is 0 Å². The maximum atomic E-state index is 11.9. The third-order valence-electron chi connectivity index (χ3n) is 3.86. The van der Waals surface area contributed by atoms with Crippen molar-refractivity contribution < 1.29 is 17.9 Å². The standard InChI is InChI=1S/C11H19NO4S/c1-16-10(13)11(5-3-6-12-11)8-9-4-2-7-17(9,14)15/h9,12H,2-8H2,1H3. The Bertz CT molecular complexity index is 398. The summed E-state index contributed by atoms with van der Waals surface area (Å²) in [5, 5.41) is 2.76. The highest BCUT2D eigenvalue weighted by Crippen LogP contribution is 2.33. The first-order valence-corrected chi connectivity index (χ1v) is 7.77. The van der Waals surface area contributed by atoms with Crippen LogP contribution in [0.1, 0.15) is 32.1 Å². The van der Waals surface area contributed by atoms with Gasteiger partial charge in [-0.15, -0.1) is 0 Å². The number of sulfone groups is 1. The summed E-state index contributed by atoms with van der Waals surface area (Å²) in [6.07, 6.45) is 3.31. The minimum atomic E-state index is -3.00. The maximum absolute atomic E-state index is 11.9. The first-order valence-electron chi connectivity index (χ1n) is 6.05. The predicted molar refractivity (Wildman–Crippen MR) is 63.4 cm³/mol. The molecule has 2 atom stereocenters. The van der Waals surface area contributed by atoms with Crippen molar-refractivity contribution in [1.29, 1.82) is 0 Å². The monoisotopic (exact) mass is 261 g/mol. The van der Waals surface area contributed by atoms with E-state index in [9.17, 15) is 13.2 Å². The molecule has 0 spiro atoms. The summed E-state index contributed by atoms with van der Waals surface area (Å²) >= 11 is 0. The van der Waals surface area contributed by atoms with E-state index in [-0.39, 0.29) is 17.0 Å². The molecule has 2 aliphatic rings. The molecule has 98 valence electrons. The van der Waals surface area contributed by atoms with Gasteiger partial charge in [0.05, 0.1) is 18.1 Å². The number of hydrogen-bond donors (Lipinski definition) is 1. The van der Waals surface area contributed by atoms with Crippen molar-refractivity contribution >= 4 is 15.8 Å². The number of rotatable bonds is 3. The molecule has 0 aromatic carbocycles. The third kappa shape index (κ3) is 2.33. The van der Waals surface area contributed by atoms with Crippen molar-refractivity contribution in [2.24, 2.45) is 0 Å². The predicted octanol–water partition coefficient (Wildman–Crippen LogP) is 0.249. The number of nitrogens with one attached hydrogen (secondary N) is 1. The van der Waals surface area contributed by atoms with E-state index in [4.69, 9.17) is 4.74 Å².